The Hall–Kier alpha value is -1.80. The Kier molecular flexibility index (Phi) is 6.25. The molecule has 2 aromatic carbocycles. The molecule has 0 aromatic heterocycles. The molecule has 162 valence electrons. The first-order valence-corrected chi connectivity index (χ1v) is 10.4. The third-order valence-electron chi connectivity index (χ3n) is 5.62. The summed E-state index contributed by atoms with van der Waals surface area (Å²) in [4.78, 5) is 0. The van der Waals surface area contributed by atoms with E-state index in [0.29, 0.717) is 13.2 Å². The summed E-state index contributed by atoms with van der Waals surface area (Å²) in [6.45, 7) is 6.32. The molecular weight excluding hydrogens is 384 g/mol. The maximum Gasteiger partial charge on any atom is 0.190 e. The molecule has 1 N–H and O–H groups in total. The first-order valence-electron chi connectivity index (χ1n) is 10.4. The number of fused-ring (bicyclic) bond motifs is 1. The Balaban J connectivity index is 1.53. The number of rotatable bonds is 8. The highest BCUT2D eigenvalue weighted by atomic mass is 16.8. The summed E-state index contributed by atoms with van der Waals surface area (Å²) >= 11 is 0. The minimum atomic E-state index is -1.10. The highest BCUT2D eigenvalue weighted by Crippen LogP contribution is 2.45. The summed E-state index contributed by atoms with van der Waals surface area (Å²) in [6, 6.07) is 19.8. The van der Waals surface area contributed by atoms with Crippen molar-refractivity contribution in [2.24, 2.45) is 0 Å². The third kappa shape index (κ3) is 4.44. The van der Waals surface area contributed by atoms with E-state index in [9.17, 15) is 5.11 Å². The fraction of sp³-hybridized carbons (Fsp3) is 0.500. The van der Waals surface area contributed by atoms with Gasteiger partial charge in [0.1, 0.15) is 17.8 Å². The molecule has 0 amide bonds. The molecule has 0 unspecified atom stereocenters. The number of hydrogen-bond donors (Lipinski definition) is 1. The second-order valence-electron chi connectivity index (χ2n) is 8.41. The van der Waals surface area contributed by atoms with Crippen LogP contribution in [0, 0.1) is 0 Å². The SMILES string of the molecule is C[C@@H](O)[C@]1(COCc2ccccc2)O[C@@H]2OC(C)(C)O[C@@H]2[C@@H]1OCc1ccccc1. The van der Waals surface area contributed by atoms with Crippen LogP contribution in [0.15, 0.2) is 60.7 Å². The van der Waals surface area contributed by atoms with Crippen LogP contribution in [-0.4, -0.2) is 47.7 Å². The van der Waals surface area contributed by atoms with Crippen LogP contribution in [0.5, 0.6) is 0 Å². The van der Waals surface area contributed by atoms with Crippen molar-refractivity contribution in [3.8, 4) is 0 Å². The van der Waals surface area contributed by atoms with E-state index in [-0.39, 0.29) is 6.61 Å². The Labute approximate surface area is 177 Å². The standard InChI is InChI=1S/C24H30O6/c1-17(25)24(16-26-14-18-10-6-4-7-11-18)21(27-15-19-12-8-5-9-13-19)20-22(30-24)29-23(2,3)28-20/h4-13,17,20-22,25H,14-16H2,1-3H3/t17-,20-,21+,22+,24+/m1/s1. The van der Waals surface area contributed by atoms with Crippen molar-refractivity contribution in [3.05, 3.63) is 71.8 Å². The first kappa shape index (κ1) is 21.4. The lowest BCUT2D eigenvalue weighted by Gasteiger charge is -2.38. The first-order chi connectivity index (χ1) is 14.4. The van der Waals surface area contributed by atoms with Crippen molar-refractivity contribution >= 4 is 0 Å². The van der Waals surface area contributed by atoms with E-state index >= 15 is 0 Å². The van der Waals surface area contributed by atoms with Gasteiger partial charge < -0.3 is 28.8 Å². The van der Waals surface area contributed by atoms with Gasteiger partial charge in [-0.15, -0.1) is 0 Å². The molecule has 6 nitrogen and oxygen atoms in total. The van der Waals surface area contributed by atoms with E-state index in [0.717, 1.165) is 11.1 Å². The van der Waals surface area contributed by atoms with Crippen LogP contribution in [0.25, 0.3) is 0 Å². The summed E-state index contributed by atoms with van der Waals surface area (Å²) in [5.74, 6) is -0.778. The monoisotopic (exact) mass is 414 g/mol. The number of aliphatic hydroxyl groups is 1. The zero-order valence-corrected chi connectivity index (χ0v) is 17.7. The zero-order chi connectivity index (χ0) is 21.2. The van der Waals surface area contributed by atoms with Gasteiger partial charge in [0, 0.05) is 0 Å². The van der Waals surface area contributed by atoms with Gasteiger partial charge in [0.25, 0.3) is 0 Å². The fourth-order valence-electron chi connectivity index (χ4n) is 4.09. The second-order valence-corrected chi connectivity index (χ2v) is 8.41. The van der Waals surface area contributed by atoms with Crippen LogP contribution in [-0.2, 0) is 36.9 Å². The lowest BCUT2D eigenvalue weighted by atomic mass is 9.90. The van der Waals surface area contributed by atoms with Crippen LogP contribution in [0.1, 0.15) is 31.9 Å². The van der Waals surface area contributed by atoms with Crippen molar-refractivity contribution in [2.75, 3.05) is 6.61 Å². The van der Waals surface area contributed by atoms with Crippen molar-refractivity contribution in [2.45, 2.75) is 70.0 Å². The Bertz CT molecular complexity index is 809. The highest BCUT2D eigenvalue weighted by Gasteiger charge is 2.64. The van der Waals surface area contributed by atoms with Crippen LogP contribution >= 0.6 is 0 Å². The summed E-state index contributed by atoms with van der Waals surface area (Å²) in [7, 11) is 0. The number of benzene rings is 2. The van der Waals surface area contributed by atoms with Gasteiger partial charge in [0.2, 0.25) is 0 Å². The van der Waals surface area contributed by atoms with Crippen LogP contribution in [0.4, 0.5) is 0 Å². The molecule has 0 bridgehead atoms. The Morgan fingerprint density at radius 2 is 1.50 bits per heavy atom. The Morgan fingerprint density at radius 1 is 0.900 bits per heavy atom. The molecule has 2 heterocycles. The largest absolute Gasteiger partial charge is 0.390 e. The molecule has 4 rings (SSSR count). The molecule has 5 atom stereocenters. The van der Waals surface area contributed by atoms with Crippen molar-refractivity contribution in [1.29, 1.82) is 0 Å². The average Bonchev–Trinajstić information content (AvgIpc) is 3.17. The summed E-state index contributed by atoms with van der Waals surface area (Å²) < 4.78 is 30.6. The molecule has 0 aliphatic carbocycles. The molecule has 0 radical (unpaired) electrons. The molecule has 2 saturated heterocycles. The normalized spacial score (nSPS) is 30.9. The lowest BCUT2D eigenvalue weighted by molar-refractivity contribution is -0.273. The van der Waals surface area contributed by atoms with E-state index in [1.54, 1.807) is 6.92 Å². The quantitative estimate of drug-likeness (QED) is 0.714. The smallest absolute Gasteiger partial charge is 0.190 e. The van der Waals surface area contributed by atoms with Gasteiger partial charge in [-0.1, -0.05) is 60.7 Å². The summed E-state index contributed by atoms with van der Waals surface area (Å²) in [6.07, 6.45) is -2.50. The van der Waals surface area contributed by atoms with E-state index in [1.807, 2.05) is 74.5 Å². The molecule has 0 spiro atoms. The molecule has 2 aromatic rings. The van der Waals surface area contributed by atoms with Crippen LogP contribution in [0.2, 0.25) is 0 Å². The van der Waals surface area contributed by atoms with Gasteiger partial charge >= 0.3 is 0 Å². The van der Waals surface area contributed by atoms with Crippen LogP contribution in [0.3, 0.4) is 0 Å². The fourth-order valence-corrected chi connectivity index (χ4v) is 4.09. The van der Waals surface area contributed by atoms with Crippen molar-refractivity contribution < 1.29 is 28.8 Å². The van der Waals surface area contributed by atoms with E-state index in [4.69, 9.17) is 23.7 Å². The van der Waals surface area contributed by atoms with Gasteiger partial charge in [-0.05, 0) is 31.9 Å². The van der Waals surface area contributed by atoms with Gasteiger partial charge in [-0.2, -0.15) is 0 Å². The maximum atomic E-state index is 10.8. The summed E-state index contributed by atoms with van der Waals surface area (Å²) in [5, 5.41) is 10.8. The minimum Gasteiger partial charge on any atom is -0.390 e. The molecule has 2 aliphatic rings. The number of hydrogen-bond acceptors (Lipinski definition) is 6. The minimum absolute atomic E-state index is 0.152. The third-order valence-corrected chi connectivity index (χ3v) is 5.62. The predicted octanol–water partition coefficient (Wildman–Crippen LogP) is 3.42. The maximum absolute atomic E-state index is 10.8. The van der Waals surface area contributed by atoms with Gasteiger partial charge in [0.15, 0.2) is 12.1 Å². The molecule has 2 fully saturated rings. The van der Waals surface area contributed by atoms with E-state index < -0.39 is 36.0 Å². The molecule has 0 saturated carbocycles. The van der Waals surface area contributed by atoms with Crippen molar-refractivity contribution in [3.63, 3.8) is 0 Å². The summed E-state index contributed by atoms with van der Waals surface area (Å²) in [5.41, 5.74) is 0.978. The average molecular weight is 414 g/mol. The van der Waals surface area contributed by atoms with Gasteiger partial charge in [0.05, 0.1) is 25.9 Å². The van der Waals surface area contributed by atoms with Gasteiger partial charge in [-0.3, -0.25) is 0 Å². The molecule has 6 heteroatoms. The molecule has 30 heavy (non-hydrogen) atoms. The molecule has 2 aliphatic heterocycles. The Morgan fingerprint density at radius 3 is 2.10 bits per heavy atom. The lowest BCUT2D eigenvalue weighted by Crippen LogP contribution is -2.56. The van der Waals surface area contributed by atoms with E-state index in [1.165, 1.54) is 0 Å². The number of aliphatic hydroxyl groups excluding tert-OH is 1. The molecular formula is C24H30O6. The van der Waals surface area contributed by atoms with Crippen molar-refractivity contribution in [1.82, 2.24) is 0 Å². The van der Waals surface area contributed by atoms with Gasteiger partial charge in [-0.25, -0.2) is 0 Å². The van der Waals surface area contributed by atoms with E-state index in [2.05, 4.69) is 0 Å². The number of ether oxygens (including phenoxy) is 5. The zero-order valence-electron chi connectivity index (χ0n) is 17.7. The second kappa shape index (κ2) is 8.75. The highest BCUT2D eigenvalue weighted by molar-refractivity contribution is 5.15. The topological polar surface area (TPSA) is 66.4 Å². The predicted molar refractivity (Wildman–Crippen MR) is 110 cm³/mol. The van der Waals surface area contributed by atoms with Crippen LogP contribution < -0.4 is 0 Å².